The van der Waals surface area contributed by atoms with Gasteiger partial charge in [-0.05, 0) is 12.5 Å². The van der Waals surface area contributed by atoms with Crippen LogP contribution in [-0.4, -0.2) is 52.1 Å². The van der Waals surface area contributed by atoms with Gasteiger partial charge in [-0.2, -0.15) is 0 Å². The van der Waals surface area contributed by atoms with Gasteiger partial charge in [-0.3, -0.25) is 4.98 Å². The van der Waals surface area contributed by atoms with Crippen molar-refractivity contribution in [2.24, 2.45) is 5.73 Å². The molecule has 0 aliphatic carbocycles. The predicted molar refractivity (Wildman–Crippen MR) is 75.3 cm³/mol. The van der Waals surface area contributed by atoms with Gasteiger partial charge in [-0.1, -0.05) is 0 Å². The largest absolute Gasteiger partial charge is 0.354 e. The van der Waals surface area contributed by atoms with Gasteiger partial charge in [-0.15, -0.1) is 0 Å². The maximum Gasteiger partial charge on any atom is 0.314 e. The summed E-state index contributed by atoms with van der Waals surface area (Å²) in [6.07, 6.45) is 5.90. The Bertz CT molecular complexity index is 626. The first-order valence-corrected chi connectivity index (χ1v) is 6.60. The van der Waals surface area contributed by atoms with E-state index in [1.807, 2.05) is 6.07 Å². The summed E-state index contributed by atoms with van der Waals surface area (Å²) in [4.78, 5) is 27.8. The average Bonchev–Trinajstić information content (AvgIpc) is 2.72. The van der Waals surface area contributed by atoms with E-state index in [4.69, 9.17) is 5.73 Å². The van der Waals surface area contributed by atoms with E-state index in [0.717, 1.165) is 36.2 Å². The second kappa shape index (κ2) is 5.28. The molecule has 0 saturated carbocycles. The molecule has 1 aliphatic heterocycles. The summed E-state index contributed by atoms with van der Waals surface area (Å²) in [6, 6.07) is 1.56. The first kappa shape index (κ1) is 12.6. The first-order chi connectivity index (χ1) is 9.75. The number of urea groups is 1. The number of carbonyl (C=O) groups is 1. The number of anilines is 1. The highest BCUT2D eigenvalue weighted by Crippen LogP contribution is 2.22. The van der Waals surface area contributed by atoms with E-state index in [-0.39, 0.29) is 6.03 Å². The summed E-state index contributed by atoms with van der Waals surface area (Å²) < 4.78 is 0. The second-order valence-electron chi connectivity index (χ2n) is 4.76. The number of hydrogen-bond acceptors (Lipinski definition) is 5. The highest BCUT2D eigenvalue weighted by molar-refractivity contribution is 5.88. The molecule has 20 heavy (non-hydrogen) atoms. The zero-order valence-corrected chi connectivity index (χ0v) is 11.1. The van der Waals surface area contributed by atoms with Crippen LogP contribution in [0.4, 0.5) is 10.6 Å². The van der Waals surface area contributed by atoms with Crippen LogP contribution in [0.1, 0.15) is 6.42 Å². The Hall–Kier alpha value is -2.44. The molecule has 2 amide bonds. The fourth-order valence-corrected chi connectivity index (χ4v) is 2.50. The van der Waals surface area contributed by atoms with Crippen molar-refractivity contribution in [3.8, 4) is 0 Å². The number of amides is 2. The Labute approximate surface area is 116 Å². The molecule has 3 rings (SSSR count). The van der Waals surface area contributed by atoms with Crippen LogP contribution < -0.4 is 10.6 Å². The maximum absolute atomic E-state index is 11.3. The van der Waals surface area contributed by atoms with Gasteiger partial charge in [-0.25, -0.2) is 14.8 Å². The standard InChI is InChI=1S/C13H16N6O/c14-13(20)19-5-1-4-18(6-7-19)12-10-2-3-15-8-11(10)16-9-17-12/h2-3,8-9H,1,4-7H2,(H2,14,20). The van der Waals surface area contributed by atoms with Gasteiger partial charge in [0.05, 0.1) is 11.7 Å². The van der Waals surface area contributed by atoms with E-state index in [0.29, 0.717) is 13.1 Å². The number of fused-ring (bicyclic) bond motifs is 1. The molecule has 0 unspecified atom stereocenters. The Morgan fingerprint density at radius 1 is 1.20 bits per heavy atom. The normalized spacial score (nSPS) is 16.2. The van der Waals surface area contributed by atoms with Crippen LogP contribution in [0.25, 0.3) is 10.9 Å². The molecule has 0 spiro atoms. The minimum Gasteiger partial charge on any atom is -0.354 e. The number of nitrogens with zero attached hydrogens (tertiary/aromatic N) is 5. The molecule has 3 heterocycles. The van der Waals surface area contributed by atoms with E-state index in [9.17, 15) is 4.79 Å². The Balaban J connectivity index is 1.89. The fourth-order valence-electron chi connectivity index (χ4n) is 2.50. The van der Waals surface area contributed by atoms with Crippen LogP contribution in [0.5, 0.6) is 0 Å². The maximum atomic E-state index is 11.3. The molecule has 1 fully saturated rings. The molecule has 2 N–H and O–H groups in total. The second-order valence-corrected chi connectivity index (χ2v) is 4.76. The smallest absolute Gasteiger partial charge is 0.314 e. The van der Waals surface area contributed by atoms with Gasteiger partial charge in [0.1, 0.15) is 12.1 Å². The lowest BCUT2D eigenvalue weighted by atomic mass is 10.2. The monoisotopic (exact) mass is 272 g/mol. The highest BCUT2D eigenvalue weighted by Gasteiger charge is 2.19. The molecule has 0 radical (unpaired) electrons. The summed E-state index contributed by atoms with van der Waals surface area (Å²) in [5, 5.41) is 0.982. The van der Waals surface area contributed by atoms with E-state index >= 15 is 0 Å². The van der Waals surface area contributed by atoms with Crippen molar-refractivity contribution in [3.05, 3.63) is 24.8 Å². The number of primary amides is 1. The molecular formula is C13H16N6O. The fraction of sp³-hybridized carbons (Fsp3) is 0.385. The van der Waals surface area contributed by atoms with Crippen LogP contribution in [0.15, 0.2) is 24.8 Å². The molecule has 7 nitrogen and oxygen atoms in total. The molecule has 2 aromatic heterocycles. The summed E-state index contributed by atoms with van der Waals surface area (Å²) in [5.41, 5.74) is 6.17. The molecule has 0 bridgehead atoms. The van der Waals surface area contributed by atoms with Gasteiger partial charge in [0, 0.05) is 37.8 Å². The number of aromatic nitrogens is 3. The van der Waals surface area contributed by atoms with Crippen molar-refractivity contribution in [2.75, 3.05) is 31.1 Å². The average molecular weight is 272 g/mol. The van der Waals surface area contributed by atoms with Gasteiger partial charge < -0.3 is 15.5 Å². The van der Waals surface area contributed by atoms with Crippen LogP contribution in [0, 0.1) is 0 Å². The number of hydrogen-bond donors (Lipinski definition) is 1. The Morgan fingerprint density at radius 2 is 2.10 bits per heavy atom. The minimum absolute atomic E-state index is 0.358. The van der Waals surface area contributed by atoms with Crippen molar-refractivity contribution in [1.82, 2.24) is 19.9 Å². The van der Waals surface area contributed by atoms with Crippen molar-refractivity contribution >= 4 is 22.8 Å². The van der Waals surface area contributed by atoms with Crippen LogP contribution in [0.3, 0.4) is 0 Å². The third-order valence-corrected chi connectivity index (χ3v) is 3.52. The molecule has 7 heteroatoms. The van der Waals surface area contributed by atoms with E-state index in [1.54, 1.807) is 23.6 Å². The van der Waals surface area contributed by atoms with Crippen LogP contribution in [0.2, 0.25) is 0 Å². The summed E-state index contributed by atoms with van der Waals surface area (Å²) in [5.74, 6) is 0.892. The van der Waals surface area contributed by atoms with Crippen molar-refractivity contribution in [3.63, 3.8) is 0 Å². The number of nitrogens with two attached hydrogens (primary N) is 1. The molecule has 104 valence electrons. The number of rotatable bonds is 1. The van der Waals surface area contributed by atoms with Gasteiger partial charge in [0.2, 0.25) is 0 Å². The lowest BCUT2D eigenvalue weighted by molar-refractivity contribution is 0.211. The first-order valence-electron chi connectivity index (χ1n) is 6.60. The SMILES string of the molecule is NC(=O)N1CCCN(c2ncnc3cnccc23)CC1. The van der Waals surface area contributed by atoms with Gasteiger partial charge in [0.15, 0.2) is 0 Å². The van der Waals surface area contributed by atoms with Crippen LogP contribution >= 0.6 is 0 Å². The third-order valence-electron chi connectivity index (χ3n) is 3.52. The quantitative estimate of drug-likeness (QED) is 0.822. The Morgan fingerprint density at radius 3 is 2.95 bits per heavy atom. The molecule has 1 aliphatic rings. The summed E-state index contributed by atoms with van der Waals surface area (Å²) in [6.45, 7) is 2.87. The van der Waals surface area contributed by atoms with Crippen molar-refractivity contribution < 1.29 is 4.79 Å². The highest BCUT2D eigenvalue weighted by atomic mass is 16.2. The molecule has 1 saturated heterocycles. The van der Waals surface area contributed by atoms with Gasteiger partial charge in [0.25, 0.3) is 0 Å². The van der Waals surface area contributed by atoms with Crippen LogP contribution in [-0.2, 0) is 0 Å². The zero-order chi connectivity index (χ0) is 13.9. The molecule has 0 atom stereocenters. The number of carbonyl (C=O) groups excluding carboxylic acids is 1. The predicted octanol–water partition coefficient (Wildman–Crippen LogP) is 0.616. The van der Waals surface area contributed by atoms with E-state index in [1.165, 1.54) is 0 Å². The lowest BCUT2D eigenvalue weighted by Crippen LogP contribution is -2.38. The number of pyridine rings is 1. The zero-order valence-electron chi connectivity index (χ0n) is 11.1. The minimum atomic E-state index is -0.358. The van der Waals surface area contributed by atoms with Crippen molar-refractivity contribution in [1.29, 1.82) is 0 Å². The molecule has 2 aromatic rings. The summed E-state index contributed by atoms with van der Waals surface area (Å²) in [7, 11) is 0. The van der Waals surface area contributed by atoms with Crippen molar-refractivity contribution in [2.45, 2.75) is 6.42 Å². The van der Waals surface area contributed by atoms with Gasteiger partial charge >= 0.3 is 6.03 Å². The molecular weight excluding hydrogens is 256 g/mol. The Kier molecular flexibility index (Phi) is 3.32. The molecule has 0 aromatic carbocycles. The van der Waals surface area contributed by atoms with E-state index in [2.05, 4.69) is 19.9 Å². The third kappa shape index (κ3) is 2.34. The van der Waals surface area contributed by atoms with E-state index < -0.39 is 0 Å². The summed E-state index contributed by atoms with van der Waals surface area (Å²) >= 11 is 0. The lowest BCUT2D eigenvalue weighted by Gasteiger charge is -2.22. The topological polar surface area (TPSA) is 88.2 Å².